The van der Waals surface area contributed by atoms with Crippen molar-refractivity contribution < 1.29 is 0 Å². The molecule has 1 saturated heterocycles. The summed E-state index contributed by atoms with van der Waals surface area (Å²) in [5.41, 5.74) is 0.406. The lowest BCUT2D eigenvalue weighted by molar-refractivity contribution is 0.0733. The van der Waals surface area contributed by atoms with Gasteiger partial charge >= 0.3 is 0 Å². The average Bonchev–Trinajstić information content (AvgIpc) is 3.19. The largest absolute Gasteiger partial charge is 0.308 e. The van der Waals surface area contributed by atoms with Gasteiger partial charge in [0.05, 0.1) is 0 Å². The van der Waals surface area contributed by atoms with E-state index in [1.165, 1.54) is 56.8 Å². The number of hydrogen-bond acceptors (Lipinski definition) is 3. The normalized spacial score (nSPS) is 33.8. The van der Waals surface area contributed by atoms with Crippen LogP contribution < -0.4 is 5.32 Å². The highest BCUT2D eigenvalue weighted by atomic mass is 32.2. The number of nitrogens with zero attached hydrogens (tertiary/aromatic N) is 1. The standard InChI is InChI=1S/C15H30N2S/c1-4-14-11-16-15(3,13-7-8-13)12-17(14)9-6-10-18-5-2/h13-14,16H,4-12H2,1-3H3. The van der Waals surface area contributed by atoms with E-state index in [9.17, 15) is 0 Å². The SMILES string of the molecule is CCSCCCN1CC(C)(C2CC2)NCC1CC. The fourth-order valence-electron chi connectivity index (χ4n) is 3.26. The summed E-state index contributed by atoms with van der Waals surface area (Å²) in [6, 6.07) is 0.767. The summed E-state index contributed by atoms with van der Waals surface area (Å²) in [7, 11) is 0. The summed E-state index contributed by atoms with van der Waals surface area (Å²) in [6.07, 6.45) is 5.53. The summed E-state index contributed by atoms with van der Waals surface area (Å²) in [4.78, 5) is 2.77. The summed E-state index contributed by atoms with van der Waals surface area (Å²) >= 11 is 2.08. The Morgan fingerprint density at radius 2 is 2.11 bits per heavy atom. The lowest BCUT2D eigenvalue weighted by atomic mass is 9.90. The first-order valence-corrected chi connectivity index (χ1v) is 8.92. The highest BCUT2D eigenvalue weighted by Crippen LogP contribution is 2.41. The Morgan fingerprint density at radius 3 is 2.72 bits per heavy atom. The molecular weight excluding hydrogens is 240 g/mol. The van der Waals surface area contributed by atoms with Crippen molar-refractivity contribution in [2.75, 3.05) is 31.1 Å². The zero-order chi connectivity index (χ0) is 13.0. The van der Waals surface area contributed by atoms with Crippen LogP contribution in [0.5, 0.6) is 0 Å². The third-order valence-electron chi connectivity index (χ3n) is 4.68. The van der Waals surface area contributed by atoms with Crippen LogP contribution in [-0.2, 0) is 0 Å². The van der Waals surface area contributed by atoms with Crippen LogP contribution in [0.25, 0.3) is 0 Å². The Balaban J connectivity index is 1.82. The molecule has 2 unspecified atom stereocenters. The van der Waals surface area contributed by atoms with Crippen LogP contribution in [0.2, 0.25) is 0 Å². The van der Waals surface area contributed by atoms with Crippen molar-refractivity contribution in [2.24, 2.45) is 5.92 Å². The van der Waals surface area contributed by atoms with Crippen molar-refractivity contribution in [3.63, 3.8) is 0 Å². The molecule has 0 amide bonds. The molecule has 0 radical (unpaired) electrons. The maximum atomic E-state index is 3.84. The molecule has 2 rings (SSSR count). The van der Waals surface area contributed by atoms with Gasteiger partial charge in [0, 0.05) is 24.7 Å². The van der Waals surface area contributed by atoms with E-state index < -0.39 is 0 Å². The molecule has 2 nitrogen and oxygen atoms in total. The predicted molar refractivity (Wildman–Crippen MR) is 82.4 cm³/mol. The summed E-state index contributed by atoms with van der Waals surface area (Å²) in [5.74, 6) is 3.54. The Kier molecular flexibility index (Phi) is 5.40. The molecule has 1 N–H and O–H groups in total. The fourth-order valence-corrected chi connectivity index (χ4v) is 3.88. The molecule has 3 heteroatoms. The van der Waals surface area contributed by atoms with Crippen molar-refractivity contribution in [1.82, 2.24) is 10.2 Å². The molecule has 0 aromatic heterocycles. The maximum absolute atomic E-state index is 3.84. The molecule has 0 bridgehead atoms. The van der Waals surface area contributed by atoms with E-state index >= 15 is 0 Å². The molecule has 106 valence electrons. The van der Waals surface area contributed by atoms with E-state index in [-0.39, 0.29) is 0 Å². The summed E-state index contributed by atoms with van der Waals surface area (Å²) in [6.45, 7) is 10.8. The number of piperazine rings is 1. The van der Waals surface area contributed by atoms with Crippen molar-refractivity contribution in [2.45, 2.75) is 58.0 Å². The second kappa shape index (κ2) is 6.62. The molecule has 2 fully saturated rings. The van der Waals surface area contributed by atoms with E-state index in [2.05, 4.69) is 42.7 Å². The van der Waals surface area contributed by atoms with E-state index in [0.29, 0.717) is 5.54 Å². The van der Waals surface area contributed by atoms with Crippen LogP contribution >= 0.6 is 11.8 Å². The Bertz CT molecular complexity index is 255. The summed E-state index contributed by atoms with van der Waals surface area (Å²) in [5, 5.41) is 3.84. The predicted octanol–water partition coefficient (Wildman–Crippen LogP) is 2.98. The summed E-state index contributed by atoms with van der Waals surface area (Å²) < 4.78 is 0. The zero-order valence-electron chi connectivity index (χ0n) is 12.4. The minimum Gasteiger partial charge on any atom is -0.308 e. The molecule has 1 aliphatic heterocycles. The fraction of sp³-hybridized carbons (Fsp3) is 1.00. The number of rotatable bonds is 7. The van der Waals surface area contributed by atoms with Gasteiger partial charge in [-0.25, -0.2) is 0 Å². The van der Waals surface area contributed by atoms with E-state index in [4.69, 9.17) is 0 Å². The van der Waals surface area contributed by atoms with Crippen LogP contribution in [0.15, 0.2) is 0 Å². The molecule has 18 heavy (non-hydrogen) atoms. The van der Waals surface area contributed by atoms with E-state index in [1.807, 2.05) is 0 Å². The van der Waals surface area contributed by atoms with Crippen molar-refractivity contribution in [3.05, 3.63) is 0 Å². The smallest absolute Gasteiger partial charge is 0.0309 e. The van der Waals surface area contributed by atoms with Crippen LogP contribution in [0.4, 0.5) is 0 Å². The molecule has 0 aromatic rings. The van der Waals surface area contributed by atoms with Gasteiger partial charge < -0.3 is 5.32 Å². The first-order valence-electron chi connectivity index (χ1n) is 7.76. The van der Waals surface area contributed by atoms with Crippen LogP contribution in [0.3, 0.4) is 0 Å². The quantitative estimate of drug-likeness (QED) is 0.716. The highest BCUT2D eigenvalue weighted by molar-refractivity contribution is 7.99. The second-order valence-corrected chi connectivity index (χ2v) is 7.55. The third kappa shape index (κ3) is 3.64. The van der Waals surface area contributed by atoms with Crippen molar-refractivity contribution >= 4 is 11.8 Å². The number of thioether (sulfide) groups is 1. The van der Waals surface area contributed by atoms with Gasteiger partial charge in [0.15, 0.2) is 0 Å². The topological polar surface area (TPSA) is 15.3 Å². The van der Waals surface area contributed by atoms with Gasteiger partial charge in [0.1, 0.15) is 0 Å². The van der Waals surface area contributed by atoms with Gasteiger partial charge in [-0.1, -0.05) is 13.8 Å². The molecule has 0 spiro atoms. The highest BCUT2D eigenvalue weighted by Gasteiger charge is 2.45. The lowest BCUT2D eigenvalue weighted by Gasteiger charge is -2.46. The molecule has 2 atom stereocenters. The first-order chi connectivity index (χ1) is 8.69. The monoisotopic (exact) mass is 270 g/mol. The molecule has 1 aliphatic carbocycles. The minimum absolute atomic E-state index is 0.406. The zero-order valence-corrected chi connectivity index (χ0v) is 13.2. The van der Waals surface area contributed by atoms with Gasteiger partial charge in [-0.05, 0) is 56.6 Å². The minimum atomic E-state index is 0.406. The third-order valence-corrected chi connectivity index (χ3v) is 5.66. The average molecular weight is 270 g/mol. The van der Waals surface area contributed by atoms with Crippen molar-refractivity contribution in [3.8, 4) is 0 Å². The maximum Gasteiger partial charge on any atom is 0.0309 e. The van der Waals surface area contributed by atoms with Crippen LogP contribution in [0.1, 0.15) is 46.5 Å². The molecule has 1 saturated carbocycles. The number of hydrogen-bond donors (Lipinski definition) is 1. The number of nitrogens with one attached hydrogen (secondary N) is 1. The van der Waals surface area contributed by atoms with Gasteiger partial charge in [0.2, 0.25) is 0 Å². The molecule has 0 aromatic carbocycles. The van der Waals surface area contributed by atoms with Gasteiger partial charge in [0.25, 0.3) is 0 Å². The van der Waals surface area contributed by atoms with E-state index in [1.54, 1.807) is 0 Å². The first kappa shape index (κ1) is 14.7. The Labute approximate surface area is 117 Å². The van der Waals surface area contributed by atoms with Crippen molar-refractivity contribution in [1.29, 1.82) is 0 Å². The molecular formula is C15H30N2S. The van der Waals surface area contributed by atoms with Gasteiger partial charge in [-0.2, -0.15) is 11.8 Å². The molecule has 1 heterocycles. The van der Waals surface area contributed by atoms with Crippen LogP contribution in [0, 0.1) is 5.92 Å². The van der Waals surface area contributed by atoms with Gasteiger partial charge in [-0.3, -0.25) is 4.90 Å². The van der Waals surface area contributed by atoms with Gasteiger partial charge in [-0.15, -0.1) is 0 Å². The molecule has 2 aliphatic rings. The van der Waals surface area contributed by atoms with Crippen LogP contribution in [-0.4, -0.2) is 47.6 Å². The second-order valence-electron chi connectivity index (χ2n) is 6.16. The Hall–Kier alpha value is 0.270. The van der Waals surface area contributed by atoms with E-state index in [0.717, 1.165) is 12.0 Å². The Morgan fingerprint density at radius 1 is 1.33 bits per heavy atom. The lowest BCUT2D eigenvalue weighted by Crippen LogP contribution is -2.63.